The first-order chi connectivity index (χ1) is 9.88. The lowest BCUT2D eigenvalue weighted by molar-refractivity contribution is 0.266. The van der Waals surface area contributed by atoms with Gasteiger partial charge in [0.05, 0.1) is 19.3 Å². The lowest BCUT2D eigenvalue weighted by Crippen LogP contribution is -2.25. The molecular weight excluding hydrogens is 252 g/mol. The number of aliphatic hydroxyl groups excluding tert-OH is 1. The second-order valence-corrected chi connectivity index (χ2v) is 5.18. The molecule has 5 heteroatoms. The van der Waals surface area contributed by atoms with Crippen LogP contribution < -0.4 is 5.32 Å². The van der Waals surface area contributed by atoms with Crippen molar-refractivity contribution in [1.82, 2.24) is 20.1 Å². The van der Waals surface area contributed by atoms with Gasteiger partial charge in [-0.1, -0.05) is 6.07 Å². The van der Waals surface area contributed by atoms with Gasteiger partial charge in [0.15, 0.2) is 0 Å². The molecule has 0 aromatic carbocycles. The molecule has 2 aromatic heterocycles. The van der Waals surface area contributed by atoms with Crippen LogP contribution in [0.3, 0.4) is 0 Å². The topological polar surface area (TPSA) is 63.0 Å². The Morgan fingerprint density at radius 3 is 3.15 bits per heavy atom. The van der Waals surface area contributed by atoms with Gasteiger partial charge in [0.25, 0.3) is 0 Å². The van der Waals surface area contributed by atoms with Crippen molar-refractivity contribution in [3.8, 4) is 0 Å². The number of fused-ring (bicyclic) bond motifs is 1. The van der Waals surface area contributed by atoms with E-state index in [1.165, 1.54) is 16.8 Å². The zero-order valence-electron chi connectivity index (χ0n) is 11.5. The molecule has 2 heterocycles. The molecule has 3 rings (SSSR count). The van der Waals surface area contributed by atoms with Crippen molar-refractivity contribution in [2.24, 2.45) is 0 Å². The van der Waals surface area contributed by atoms with Gasteiger partial charge in [-0.15, -0.1) is 0 Å². The quantitative estimate of drug-likeness (QED) is 0.864. The van der Waals surface area contributed by atoms with Crippen LogP contribution in [-0.2, 0) is 19.5 Å². The first-order valence-corrected chi connectivity index (χ1v) is 7.16. The lowest BCUT2D eigenvalue weighted by atomic mass is 9.93. The summed E-state index contributed by atoms with van der Waals surface area (Å²) < 4.78 is 1.94. The van der Waals surface area contributed by atoms with Crippen LogP contribution in [0.2, 0.25) is 0 Å². The van der Waals surface area contributed by atoms with Gasteiger partial charge >= 0.3 is 0 Å². The van der Waals surface area contributed by atoms with Crippen LogP contribution in [0.25, 0.3) is 0 Å². The third kappa shape index (κ3) is 2.73. The summed E-state index contributed by atoms with van der Waals surface area (Å²) in [6.07, 6.45) is 8.99. The maximum atomic E-state index is 9.07. The normalized spacial score (nSPS) is 17.9. The second kappa shape index (κ2) is 6.15. The maximum Gasteiger partial charge on any atom is 0.0644 e. The molecule has 106 valence electrons. The fourth-order valence-electron chi connectivity index (χ4n) is 2.86. The highest BCUT2D eigenvalue weighted by Crippen LogP contribution is 2.29. The third-order valence-electron chi connectivity index (χ3n) is 3.85. The van der Waals surface area contributed by atoms with E-state index in [9.17, 15) is 0 Å². The number of nitrogens with zero attached hydrogens (tertiary/aromatic N) is 3. The Balaban J connectivity index is 1.70. The average Bonchev–Trinajstić information content (AvgIpc) is 2.91. The highest BCUT2D eigenvalue weighted by Gasteiger charge is 2.23. The van der Waals surface area contributed by atoms with Gasteiger partial charge < -0.3 is 10.4 Å². The highest BCUT2D eigenvalue weighted by molar-refractivity contribution is 5.25. The smallest absolute Gasteiger partial charge is 0.0644 e. The molecule has 0 fully saturated rings. The largest absolute Gasteiger partial charge is 0.394 e. The van der Waals surface area contributed by atoms with Gasteiger partial charge in [0, 0.05) is 36.2 Å². The number of aliphatic hydroxyl groups is 1. The Kier molecular flexibility index (Phi) is 4.08. The van der Waals surface area contributed by atoms with Crippen LogP contribution in [0, 0.1) is 0 Å². The number of hydrogen-bond acceptors (Lipinski definition) is 4. The fraction of sp³-hybridized carbons (Fsp3) is 0.467. The summed E-state index contributed by atoms with van der Waals surface area (Å²) in [7, 11) is 0. The average molecular weight is 272 g/mol. The summed E-state index contributed by atoms with van der Waals surface area (Å²) in [5.41, 5.74) is 3.75. The molecule has 0 spiro atoms. The Labute approximate surface area is 118 Å². The molecule has 0 aliphatic heterocycles. The SMILES string of the molecule is OCCn1ncc2c1CCCC2NCc1cccnc1. The van der Waals surface area contributed by atoms with Crippen LogP contribution in [0.5, 0.6) is 0 Å². The van der Waals surface area contributed by atoms with Crippen LogP contribution in [0.15, 0.2) is 30.7 Å². The molecule has 0 bridgehead atoms. The van der Waals surface area contributed by atoms with E-state index in [0.29, 0.717) is 12.6 Å². The molecule has 2 N–H and O–H groups in total. The van der Waals surface area contributed by atoms with Crippen molar-refractivity contribution in [2.45, 2.75) is 38.4 Å². The Bertz CT molecular complexity index is 552. The summed E-state index contributed by atoms with van der Waals surface area (Å²) in [5.74, 6) is 0. The lowest BCUT2D eigenvalue weighted by Gasteiger charge is -2.24. The first kappa shape index (κ1) is 13.3. The zero-order chi connectivity index (χ0) is 13.8. The summed E-state index contributed by atoms with van der Waals surface area (Å²) in [6, 6.07) is 4.40. The highest BCUT2D eigenvalue weighted by atomic mass is 16.3. The molecule has 0 saturated carbocycles. The van der Waals surface area contributed by atoms with E-state index in [0.717, 1.165) is 25.8 Å². The van der Waals surface area contributed by atoms with Crippen molar-refractivity contribution in [3.05, 3.63) is 47.5 Å². The minimum Gasteiger partial charge on any atom is -0.394 e. The maximum absolute atomic E-state index is 9.07. The van der Waals surface area contributed by atoms with E-state index in [-0.39, 0.29) is 6.61 Å². The van der Waals surface area contributed by atoms with Crippen molar-refractivity contribution < 1.29 is 5.11 Å². The van der Waals surface area contributed by atoms with Crippen molar-refractivity contribution in [1.29, 1.82) is 0 Å². The van der Waals surface area contributed by atoms with Crippen molar-refractivity contribution >= 4 is 0 Å². The van der Waals surface area contributed by atoms with E-state index in [2.05, 4.69) is 21.5 Å². The molecule has 1 aliphatic rings. The number of rotatable bonds is 5. The Morgan fingerprint density at radius 2 is 2.35 bits per heavy atom. The van der Waals surface area contributed by atoms with Gasteiger partial charge in [-0.3, -0.25) is 9.67 Å². The van der Waals surface area contributed by atoms with E-state index < -0.39 is 0 Å². The molecular formula is C15H20N4O. The van der Waals surface area contributed by atoms with Gasteiger partial charge in [-0.25, -0.2) is 0 Å². The Hall–Kier alpha value is -1.72. The molecule has 5 nitrogen and oxygen atoms in total. The van der Waals surface area contributed by atoms with Crippen LogP contribution in [0.4, 0.5) is 0 Å². The molecule has 0 radical (unpaired) electrons. The second-order valence-electron chi connectivity index (χ2n) is 5.18. The number of nitrogens with one attached hydrogen (secondary N) is 1. The van der Waals surface area contributed by atoms with E-state index in [1.54, 1.807) is 6.20 Å². The van der Waals surface area contributed by atoms with Crippen LogP contribution >= 0.6 is 0 Å². The molecule has 2 aromatic rings. The first-order valence-electron chi connectivity index (χ1n) is 7.16. The van der Waals surface area contributed by atoms with E-state index in [1.807, 2.05) is 23.1 Å². The van der Waals surface area contributed by atoms with E-state index in [4.69, 9.17) is 5.11 Å². The molecule has 1 atom stereocenters. The number of pyridine rings is 1. The van der Waals surface area contributed by atoms with Crippen LogP contribution in [0.1, 0.15) is 35.7 Å². The molecule has 0 saturated heterocycles. The summed E-state index contributed by atoms with van der Waals surface area (Å²) in [5, 5.41) is 17.1. The molecule has 1 aliphatic carbocycles. The van der Waals surface area contributed by atoms with Crippen molar-refractivity contribution in [3.63, 3.8) is 0 Å². The summed E-state index contributed by atoms with van der Waals surface area (Å²) in [4.78, 5) is 4.14. The molecule has 20 heavy (non-hydrogen) atoms. The predicted octanol–water partition coefficient (Wildman–Crippen LogP) is 1.44. The minimum atomic E-state index is 0.141. The monoisotopic (exact) mass is 272 g/mol. The summed E-state index contributed by atoms with van der Waals surface area (Å²) >= 11 is 0. The molecule has 0 amide bonds. The number of hydrogen-bond donors (Lipinski definition) is 2. The van der Waals surface area contributed by atoms with Gasteiger partial charge in [0.2, 0.25) is 0 Å². The standard InChI is InChI=1S/C15H20N4O/c20-8-7-19-15-5-1-4-14(13(15)11-18-19)17-10-12-3-2-6-16-9-12/h2-3,6,9,11,14,17,20H,1,4-5,7-8,10H2. The van der Waals surface area contributed by atoms with E-state index >= 15 is 0 Å². The molecule has 1 unspecified atom stereocenters. The Morgan fingerprint density at radius 1 is 1.40 bits per heavy atom. The number of aromatic nitrogens is 3. The van der Waals surface area contributed by atoms with Gasteiger partial charge in [0.1, 0.15) is 0 Å². The van der Waals surface area contributed by atoms with Crippen molar-refractivity contribution in [2.75, 3.05) is 6.61 Å². The van der Waals surface area contributed by atoms with Gasteiger partial charge in [-0.2, -0.15) is 5.10 Å². The van der Waals surface area contributed by atoms with Crippen LogP contribution in [-0.4, -0.2) is 26.5 Å². The summed E-state index contributed by atoms with van der Waals surface area (Å²) in [6.45, 7) is 1.55. The fourth-order valence-corrected chi connectivity index (χ4v) is 2.86. The van der Waals surface area contributed by atoms with Gasteiger partial charge in [-0.05, 0) is 30.9 Å². The zero-order valence-corrected chi connectivity index (χ0v) is 11.5. The predicted molar refractivity (Wildman–Crippen MR) is 76.1 cm³/mol. The third-order valence-corrected chi connectivity index (χ3v) is 3.85. The minimum absolute atomic E-state index is 0.141.